The van der Waals surface area contributed by atoms with Gasteiger partial charge in [0, 0.05) is 18.7 Å². The van der Waals surface area contributed by atoms with E-state index in [1.165, 1.54) is 6.07 Å². The highest BCUT2D eigenvalue weighted by Gasteiger charge is 2.23. The van der Waals surface area contributed by atoms with Crippen LogP contribution in [-0.4, -0.2) is 23.2 Å². The van der Waals surface area contributed by atoms with E-state index < -0.39 is 0 Å². The molecule has 0 aliphatic carbocycles. The first-order valence-corrected chi connectivity index (χ1v) is 5.77. The van der Waals surface area contributed by atoms with Crippen molar-refractivity contribution in [3.8, 4) is 0 Å². The van der Waals surface area contributed by atoms with Crippen LogP contribution in [0.4, 0.5) is 4.39 Å². The molecule has 1 aromatic rings. The molecule has 0 aromatic heterocycles. The minimum absolute atomic E-state index is 0.0389. The van der Waals surface area contributed by atoms with Gasteiger partial charge in [-0.3, -0.25) is 4.79 Å². The van der Waals surface area contributed by atoms with Crippen molar-refractivity contribution in [2.75, 3.05) is 12.4 Å². The van der Waals surface area contributed by atoms with Crippen molar-refractivity contribution in [3.63, 3.8) is 0 Å². The second kappa shape index (κ2) is 4.42. The number of carbonyl (C=O) groups excluding carboxylic acids is 1. The molecule has 2 rings (SSSR count). The number of halogens is 2. The van der Waals surface area contributed by atoms with Crippen LogP contribution in [-0.2, 0) is 17.8 Å². The fourth-order valence-electron chi connectivity index (χ4n) is 2.11. The van der Waals surface area contributed by atoms with Gasteiger partial charge in [0.1, 0.15) is 11.7 Å². The van der Waals surface area contributed by atoms with E-state index in [0.29, 0.717) is 25.1 Å². The van der Waals surface area contributed by atoms with Crippen molar-refractivity contribution < 1.29 is 9.18 Å². The lowest BCUT2D eigenvalue weighted by Gasteiger charge is -2.29. The number of aryl methyl sites for hydroxylation is 1. The standard InChI is InChI=1S/C12H13ClFNO/c1-8-2-3-11(14)10-7-15(12(16)6-13)5-4-9(8)10/h2-3H,4-7H2,1H3. The molecule has 1 aromatic carbocycles. The summed E-state index contributed by atoms with van der Waals surface area (Å²) in [5.41, 5.74) is 2.78. The summed E-state index contributed by atoms with van der Waals surface area (Å²) in [7, 11) is 0. The van der Waals surface area contributed by atoms with Gasteiger partial charge in [-0.15, -0.1) is 11.6 Å². The zero-order chi connectivity index (χ0) is 11.7. The number of rotatable bonds is 1. The molecule has 0 radical (unpaired) electrons. The zero-order valence-corrected chi connectivity index (χ0v) is 9.85. The molecule has 4 heteroatoms. The monoisotopic (exact) mass is 241 g/mol. The number of benzene rings is 1. The number of alkyl halides is 1. The summed E-state index contributed by atoms with van der Waals surface area (Å²) in [6.45, 7) is 2.94. The maximum absolute atomic E-state index is 13.6. The van der Waals surface area contributed by atoms with E-state index in [4.69, 9.17) is 11.6 Å². The fourth-order valence-corrected chi connectivity index (χ4v) is 2.28. The predicted octanol–water partition coefficient (Wildman–Crippen LogP) is 2.26. The molecule has 2 nitrogen and oxygen atoms in total. The third kappa shape index (κ3) is 1.92. The van der Waals surface area contributed by atoms with Gasteiger partial charge in [0.2, 0.25) is 5.91 Å². The summed E-state index contributed by atoms with van der Waals surface area (Å²) >= 11 is 5.50. The van der Waals surface area contributed by atoms with E-state index in [2.05, 4.69) is 0 Å². The Labute approximate surface area is 99.0 Å². The first-order valence-electron chi connectivity index (χ1n) is 5.24. The Morgan fingerprint density at radius 1 is 1.50 bits per heavy atom. The van der Waals surface area contributed by atoms with Gasteiger partial charge < -0.3 is 4.90 Å². The van der Waals surface area contributed by atoms with Crippen LogP contribution in [0.15, 0.2) is 12.1 Å². The Balaban J connectivity index is 2.33. The first kappa shape index (κ1) is 11.4. The molecule has 1 aliphatic heterocycles. The smallest absolute Gasteiger partial charge is 0.237 e. The van der Waals surface area contributed by atoms with Gasteiger partial charge in [-0.05, 0) is 30.5 Å². The average molecular weight is 242 g/mol. The Morgan fingerprint density at radius 2 is 2.25 bits per heavy atom. The van der Waals surface area contributed by atoms with Crippen molar-refractivity contribution in [3.05, 3.63) is 34.6 Å². The van der Waals surface area contributed by atoms with E-state index in [1.807, 2.05) is 6.92 Å². The summed E-state index contributed by atoms with van der Waals surface area (Å²) in [6.07, 6.45) is 0.710. The molecule has 0 unspecified atom stereocenters. The molecular weight excluding hydrogens is 229 g/mol. The zero-order valence-electron chi connectivity index (χ0n) is 9.09. The average Bonchev–Trinajstić information content (AvgIpc) is 2.32. The van der Waals surface area contributed by atoms with Crippen LogP contribution in [0, 0.1) is 12.7 Å². The number of hydrogen-bond donors (Lipinski definition) is 0. The number of nitrogens with zero attached hydrogens (tertiary/aromatic N) is 1. The molecule has 0 saturated heterocycles. The molecule has 0 atom stereocenters. The Kier molecular flexibility index (Phi) is 3.15. The van der Waals surface area contributed by atoms with E-state index in [1.54, 1.807) is 11.0 Å². The highest BCUT2D eigenvalue weighted by atomic mass is 35.5. The van der Waals surface area contributed by atoms with Crippen LogP contribution in [0.3, 0.4) is 0 Å². The van der Waals surface area contributed by atoms with Gasteiger partial charge in [0.05, 0.1) is 0 Å². The van der Waals surface area contributed by atoms with Gasteiger partial charge in [0.15, 0.2) is 0 Å². The molecule has 16 heavy (non-hydrogen) atoms. The maximum atomic E-state index is 13.6. The summed E-state index contributed by atoms with van der Waals surface area (Å²) in [6, 6.07) is 3.25. The summed E-state index contributed by atoms with van der Waals surface area (Å²) < 4.78 is 13.6. The summed E-state index contributed by atoms with van der Waals surface area (Å²) in [5, 5.41) is 0. The lowest BCUT2D eigenvalue weighted by molar-refractivity contribution is -0.129. The molecule has 0 fully saturated rings. The van der Waals surface area contributed by atoms with Crippen LogP contribution >= 0.6 is 11.6 Å². The topological polar surface area (TPSA) is 20.3 Å². The number of hydrogen-bond acceptors (Lipinski definition) is 1. The lowest BCUT2D eigenvalue weighted by Crippen LogP contribution is -2.37. The van der Waals surface area contributed by atoms with E-state index in [0.717, 1.165) is 11.1 Å². The van der Waals surface area contributed by atoms with Gasteiger partial charge in [0.25, 0.3) is 0 Å². The van der Waals surface area contributed by atoms with Gasteiger partial charge in [-0.25, -0.2) is 4.39 Å². The first-order chi connectivity index (χ1) is 7.63. The molecule has 86 valence electrons. The Bertz CT molecular complexity index is 433. The Morgan fingerprint density at radius 3 is 2.94 bits per heavy atom. The maximum Gasteiger partial charge on any atom is 0.237 e. The number of fused-ring (bicyclic) bond motifs is 1. The summed E-state index contributed by atoms with van der Waals surface area (Å²) in [5.74, 6) is -0.399. The SMILES string of the molecule is Cc1ccc(F)c2c1CCN(C(=O)CCl)C2. The molecule has 0 saturated carbocycles. The Hall–Kier alpha value is -1.09. The molecule has 0 N–H and O–H groups in total. The fraction of sp³-hybridized carbons (Fsp3) is 0.417. The molecule has 0 bridgehead atoms. The quantitative estimate of drug-likeness (QED) is 0.691. The van der Waals surface area contributed by atoms with E-state index >= 15 is 0 Å². The van der Waals surface area contributed by atoms with Crippen LogP contribution < -0.4 is 0 Å². The second-order valence-electron chi connectivity index (χ2n) is 4.02. The number of carbonyl (C=O) groups is 1. The third-order valence-electron chi connectivity index (χ3n) is 3.06. The molecule has 1 aliphatic rings. The van der Waals surface area contributed by atoms with Crippen molar-refractivity contribution in [1.29, 1.82) is 0 Å². The highest BCUT2D eigenvalue weighted by molar-refractivity contribution is 6.27. The number of amides is 1. The van der Waals surface area contributed by atoms with E-state index in [-0.39, 0.29) is 17.6 Å². The largest absolute Gasteiger partial charge is 0.337 e. The van der Waals surface area contributed by atoms with Gasteiger partial charge >= 0.3 is 0 Å². The molecule has 1 amide bonds. The van der Waals surface area contributed by atoms with Crippen LogP contribution in [0.25, 0.3) is 0 Å². The van der Waals surface area contributed by atoms with Crippen LogP contribution in [0.2, 0.25) is 0 Å². The molecule has 0 spiro atoms. The van der Waals surface area contributed by atoms with Crippen molar-refractivity contribution in [2.24, 2.45) is 0 Å². The minimum Gasteiger partial charge on any atom is -0.337 e. The predicted molar refractivity (Wildman–Crippen MR) is 61.0 cm³/mol. The minimum atomic E-state index is -0.229. The van der Waals surface area contributed by atoms with E-state index in [9.17, 15) is 9.18 Å². The molecular formula is C12H13ClFNO. The van der Waals surface area contributed by atoms with Crippen molar-refractivity contribution in [2.45, 2.75) is 19.9 Å². The lowest BCUT2D eigenvalue weighted by atomic mass is 9.95. The van der Waals surface area contributed by atoms with Crippen LogP contribution in [0.1, 0.15) is 16.7 Å². The van der Waals surface area contributed by atoms with Crippen molar-refractivity contribution in [1.82, 2.24) is 4.90 Å². The van der Waals surface area contributed by atoms with Crippen molar-refractivity contribution >= 4 is 17.5 Å². The highest BCUT2D eigenvalue weighted by Crippen LogP contribution is 2.24. The van der Waals surface area contributed by atoms with Crippen LogP contribution in [0.5, 0.6) is 0 Å². The summed E-state index contributed by atoms with van der Waals surface area (Å²) in [4.78, 5) is 13.1. The molecule has 1 heterocycles. The van der Waals surface area contributed by atoms with Gasteiger partial charge in [-0.1, -0.05) is 6.07 Å². The van der Waals surface area contributed by atoms with Gasteiger partial charge in [-0.2, -0.15) is 0 Å². The third-order valence-corrected chi connectivity index (χ3v) is 3.28. The normalized spacial score (nSPS) is 14.8. The second-order valence-corrected chi connectivity index (χ2v) is 4.29.